The molecule has 21 heavy (non-hydrogen) atoms. The fourth-order valence-electron chi connectivity index (χ4n) is 1.84. The van der Waals surface area contributed by atoms with E-state index in [1.165, 1.54) is 16.2 Å². The Hall–Kier alpha value is -2.15. The molecule has 1 N–H and O–H groups in total. The molecular formula is C14H16N2O4S. The van der Waals surface area contributed by atoms with Crippen molar-refractivity contribution in [2.24, 2.45) is 5.92 Å². The van der Waals surface area contributed by atoms with Crippen molar-refractivity contribution < 1.29 is 19.2 Å². The van der Waals surface area contributed by atoms with Crippen LogP contribution in [-0.2, 0) is 4.79 Å². The van der Waals surface area contributed by atoms with Crippen molar-refractivity contribution in [2.75, 3.05) is 13.1 Å². The van der Waals surface area contributed by atoms with Gasteiger partial charge in [-0.3, -0.25) is 9.59 Å². The molecule has 0 aliphatic rings. The highest BCUT2D eigenvalue weighted by Crippen LogP contribution is 2.25. The number of hydrogen-bond acceptors (Lipinski definition) is 5. The van der Waals surface area contributed by atoms with E-state index in [-0.39, 0.29) is 18.1 Å². The van der Waals surface area contributed by atoms with E-state index in [2.05, 4.69) is 5.16 Å². The van der Waals surface area contributed by atoms with Crippen LogP contribution in [0.4, 0.5) is 0 Å². The Morgan fingerprint density at radius 2 is 2.29 bits per heavy atom. The van der Waals surface area contributed by atoms with Crippen molar-refractivity contribution in [3.63, 3.8) is 0 Å². The van der Waals surface area contributed by atoms with Crippen LogP contribution in [0.1, 0.15) is 24.3 Å². The second-order valence-electron chi connectivity index (χ2n) is 4.64. The summed E-state index contributed by atoms with van der Waals surface area (Å²) in [6.45, 7) is 3.92. The van der Waals surface area contributed by atoms with E-state index in [1.807, 2.05) is 17.5 Å². The molecule has 0 spiro atoms. The number of carboxylic acids is 1. The van der Waals surface area contributed by atoms with Gasteiger partial charge < -0.3 is 14.5 Å². The van der Waals surface area contributed by atoms with Crippen LogP contribution in [0, 0.1) is 5.92 Å². The Kier molecular flexibility index (Phi) is 4.74. The molecule has 2 rings (SSSR count). The van der Waals surface area contributed by atoms with Crippen LogP contribution in [0.25, 0.3) is 10.6 Å². The van der Waals surface area contributed by atoms with Crippen molar-refractivity contribution in [3.8, 4) is 10.6 Å². The van der Waals surface area contributed by atoms with E-state index >= 15 is 0 Å². The number of aliphatic carboxylic acids is 1. The third kappa shape index (κ3) is 3.49. The van der Waals surface area contributed by atoms with Gasteiger partial charge in [0.05, 0.1) is 10.8 Å². The van der Waals surface area contributed by atoms with Crippen LogP contribution in [0.2, 0.25) is 0 Å². The van der Waals surface area contributed by atoms with Crippen LogP contribution in [0.3, 0.4) is 0 Å². The van der Waals surface area contributed by atoms with Gasteiger partial charge in [-0.15, -0.1) is 11.3 Å². The van der Waals surface area contributed by atoms with Crippen LogP contribution < -0.4 is 0 Å². The maximum Gasteiger partial charge on any atom is 0.308 e. The Labute approximate surface area is 126 Å². The monoisotopic (exact) mass is 308 g/mol. The molecular weight excluding hydrogens is 292 g/mol. The van der Waals surface area contributed by atoms with Crippen molar-refractivity contribution >= 4 is 23.2 Å². The lowest BCUT2D eigenvalue weighted by atomic mass is 10.1. The maximum absolute atomic E-state index is 12.3. The van der Waals surface area contributed by atoms with Crippen LogP contribution in [0.15, 0.2) is 28.1 Å². The first-order valence-corrected chi connectivity index (χ1v) is 7.43. The van der Waals surface area contributed by atoms with Gasteiger partial charge in [0, 0.05) is 19.2 Å². The highest BCUT2D eigenvalue weighted by Gasteiger charge is 2.23. The molecule has 1 atom stereocenters. The lowest BCUT2D eigenvalue weighted by Gasteiger charge is -2.21. The second-order valence-corrected chi connectivity index (χ2v) is 5.58. The Balaban J connectivity index is 2.13. The maximum atomic E-state index is 12.3. The van der Waals surface area contributed by atoms with Crippen LogP contribution in [0.5, 0.6) is 0 Å². The summed E-state index contributed by atoms with van der Waals surface area (Å²) in [5.41, 5.74) is 0.192. The zero-order chi connectivity index (χ0) is 15.4. The summed E-state index contributed by atoms with van der Waals surface area (Å²) < 4.78 is 5.17. The van der Waals surface area contributed by atoms with E-state index in [4.69, 9.17) is 9.63 Å². The molecule has 0 bridgehead atoms. The molecule has 2 heterocycles. The standard InChI is InChI=1S/C14H16N2O4S/c1-3-16(8-9(2)14(18)19)13(17)10-7-11(20-15-10)12-5-4-6-21-12/h4-7,9H,3,8H2,1-2H3,(H,18,19). The van der Waals surface area contributed by atoms with Gasteiger partial charge in [-0.25, -0.2) is 0 Å². The number of hydrogen-bond donors (Lipinski definition) is 1. The second kappa shape index (κ2) is 6.53. The molecule has 0 aliphatic carbocycles. The number of carboxylic acid groups (broad SMARTS) is 1. The average Bonchev–Trinajstić information content (AvgIpc) is 3.13. The summed E-state index contributed by atoms with van der Waals surface area (Å²) in [6, 6.07) is 5.35. The fourth-order valence-corrected chi connectivity index (χ4v) is 2.51. The average molecular weight is 308 g/mol. The number of rotatable bonds is 6. The van der Waals surface area contributed by atoms with Gasteiger partial charge in [-0.1, -0.05) is 18.1 Å². The summed E-state index contributed by atoms with van der Waals surface area (Å²) in [5, 5.41) is 14.6. The fraction of sp³-hybridized carbons (Fsp3) is 0.357. The molecule has 1 unspecified atom stereocenters. The van der Waals surface area contributed by atoms with Gasteiger partial charge in [0.25, 0.3) is 5.91 Å². The molecule has 2 aromatic heterocycles. The first-order valence-electron chi connectivity index (χ1n) is 6.55. The lowest BCUT2D eigenvalue weighted by molar-refractivity contribution is -0.141. The van der Waals surface area contributed by atoms with E-state index < -0.39 is 11.9 Å². The molecule has 6 nitrogen and oxygen atoms in total. The van der Waals surface area contributed by atoms with Crippen molar-refractivity contribution in [3.05, 3.63) is 29.3 Å². The smallest absolute Gasteiger partial charge is 0.308 e. The predicted molar refractivity (Wildman–Crippen MR) is 78.2 cm³/mol. The molecule has 0 aliphatic heterocycles. The summed E-state index contributed by atoms with van der Waals surface area (Å²) in [7, 11) is 0. The minimum Gasteiger partial charge on any atom is -0.481 e. The molecule has 0 fully saturated rings. The zero-order valence-corrected chi connectivity index (χ0v) is 12.6. The predicted octanol–water partition coefficient (Wildman–Crippen LogP) is 2.59. The highest BCUT2D eigenvalue weighted by molar-refractivity contribution is 7.13. The number of nitrogens with zero attached hydrogens (tertiary/aromatic N) is 2. The SMILES string of the molecule is CCN(CC(C)C(=O)O)C(=O)c1cc(-c2cccs2)on1. The Morgan fingerprint density at radius 1 is 1.52 bits per heavy atom. The molecule has 0 aromatic carbocycles. The van der Waals surface area contributed by atoms with E-state index in [1.54, 1.807) is 19.9 Å². The Morgan fingerprint density at radius 3 is 2.86 bits per heavy atom. The number of thiophene rings is 1. The number of carbonyl (C=O) groups excluding carboxylic acids is 1. The topological polar surface area (TPSA) is 83.6 Å². The number of aromatic nitrogens is 1. The highest BCUT2D eigenvalue weighted by atomic mass is 32.1. The van der Waals surface area contributed by atoms with Gasteiger partial charge >= 0.3 is 5.97 Å². The van der Waals surface area contributed by atoms with E-state index in [0.29, 0.717) is 12.3 Å². The summed E-state index contributed by atoms with van der Waals surface area (Å²) in [6.07, 6.45) is 0. The van der Waals surface area contributed by atoms with E-state index in [0.717, 1.165) is 4.88 Å². The van der Waals surface area contributed by atoms with Gasteiger partial charge in [-0.2, -0.15) is 0 Å². The molecule has 7 heteroatoms. The molecule has 0 saturated carbocycles. The summed E-state index contributed by atoms with van der Waals surface area (Å²) >= 11 is 1.49. The van der Waals surface area contributed by atoms with Crippen LogP contribution >= 0.6 is 11.3 Å². The summed E-state index contributed by atoms with van der Waals surface area (Å²) in [5.74, 6) is -1.34. The minimum atomic E-state index is -0.930. The molecule has 2 aromatic rings. The van der Waals surface area contributed by atoms with Gasteiger partial charge in [0.1, 0.15) is 0 Å². The largest absolute Gasteiger partial charge is 0.481 e. The number of carbonyl (C=O) groups is 2. The Bertz CT molecular complexity index is 621. The molecule has 0 saturated heterocycles. The van der Waals surface area contributed by atoms with Gasteiger partial charge in [-0.05, 0) is 18.4 Å². The van der Waals surface area contributed by atoms with Crippen molar-refractivity contribution in [2.45, 2.75) is 13.8 Å². The normalized spacial score (nSPS) is 12.1. The van der Waals surface area contributed by atoms with Gasteiger partial charge in [0.2, 0.25) is 0 Å². The molecule has 1 amide bonds. The van der Waals surface area contributed by atoms with E-state index in [9.17, 15) is 9.59 Å². The molecule has 112 valence electrons. The van der Waals surface area contributed by atoms with Crippen LogP contribution in [-0.4, -0.2) is 40.1 Å². The third-order valence-corrected chi connectivity index (χ3v) is 3.96. The first kappa shape index (κ1) is 15.2. The first-order chi connectivity index (χ1) is 10.0. The number of amides is 1. The van der Waals surface area contributed by atoms with Crippen molar-refractivity contribution in [1.82, 2.24) is 10.1 Å². The lowest BCUT2D eigenvalue weighted by Crippen LogP contribution is -2.36. The quantitative estimate of drug-likeness (QED) is 0.886. The van der Waals surface area contributed by atoms with Crippen molar-refractivity contribution in [1.29, 1.82) is 0 Å². The third-order valence-electron chi connectivity index (χ3n) is 3.08. The minimum absolute atomic E-state index is 0.145. The van der Waals surface area contributed by atoms with Gasteiger partial charge in [0.15, 0.2) is 11.5 Å². The molecule has 0 radical (unpaired) electrons. The summed E-state index contributed by atoms with van der Waals surface area (Å²) in [4.78, 5) is 25.6. The zero-order valence-electron chi connectivity index (χ0n) is 11.8.